The van der Waals surface area contributed by atoms with E-state index in [2.05, 4.69) is 4.74 Å². The van der Waals surface area contributed by atoms with Gasteiger partial charge in [0.15, 0.2) is 0 Å². The minimum atomic E-state index is -4.67. The maximum Gasteiger partial charge on any atom is 0.326 e. The van der Waals surface area contributed by atoms with Gasteiger partial charge in [0, 0.05) is 12.6 Å². The first-order valence-electron chi connectivity index (χ1n) is 8.04. The number of carbonyl (C=O) groups excluding carboxylic acids is 2. The monoisotopic (exact) mass is 418 g/mol. The van der Waals surface area contributed by atoms with E-state index in [9.17, 15) is 28.1 Å². The molecule has 0 aliphatic heterocycles. The van der Waals surface area contributed by atoms with E-state index < -0.39 is 49.7 Å². The van der Waals surface area contributed by atoms with Crippen LogP contribution in [0, 0.1) is 10.1 Å². The second kappa shape index (κ2) is 8.97. The van der Waals surface area contributed by atoms with E-state index in [4.69, 9.17) is 9.29 Å². The van der Waals surface area contributed by atoms with E-state index in [0.29, 0.717) is 6.07 Å². The average Bonchev–Trinajstić information content (AvgIpc) is 2.55. The van der Waals surface area contributed by atoms with Crippen LogP contribution in [0.4, 0.5) is 11.4 Å². The predicted octanol–water partition coefficient (Wildman–Crippen LogP) is 1.55. The molecule has 0 spiro atoms. The Balaban J connectivity index is 3.33. The van der Waals surface area contributed by atoms with E-state index in [1.807, 2.05) is 0 Å². The molecule has 0 unspecified atom stereocenters. The third kappa shape index (κ3) is 7.12. The number of nitro groups is 1. The van der Waals surface area contributed by atoms with Crippen molar-refractivity contribution in [3.63, 3.8) is 0 Å². The smallest absolute Gasteiger partial charge is 0.326 e. The highest BCUT2D eigenvalue weighted by atomic mass is 32.2. The van der Waals surface area contributed by atoms with E-state index >= 15 is 0 Å². The molecule has 1 rings (SSSR count). The largest absolute Gasteiger partial charge is 0.469 e. The molecule has 0 bridgehead atoms. The van der Waals surface area contributed by atoms with Gasteiger partial charge in [-0.1, -0.05) is 0 Å². The van der Waals surface area contributed by atoms with Gasteiger partial charge in [0.2, 0.25) is 0 Å². The zero-order valence-electron chi connectivity index (χ0n) is 15.9. The molecule has 0 amide bonds. The van der Waals surface area contributed by atoms with Crippen LogP contribution in [0.2, 0.25) is 0 Å². The van der Waals surface area contributed by atoms with Crippen molar-refractivity contribution in [3.8, 4) is 0 Å². The maximum absolute atomic E-state index is 12.2. The molecule has 0 radical (unpaired) electrons. The average molecular weight is 418 g/mol. The van der Waals surface area contributed by atoms with Crippen LogP contribution in [-0.2, 0) is 29.2 Å². The SMILES string of the molecule is COC(=O)CCN(CC(=O)OC(C)(C)C)c1ccc(S(=O)(=O)O)cc1[N+](=O)[O-]. The molecule has 11 nitrogen and oxygen atoms in total. The molecule has 1 aromatic rings. The third-order valence-corrected chi connectivity index (χ3v) is 4.19. The van der Waals surface area contributed by atoms with Gasteiger partial charge in [-0.15, -0.1) is 0 Å². The number of benzene rings is 1. The second-order valence-corrected chi connectivity index (χ2v) is 8.14. The van der Waals surface area contributed by atoms with E-state index in [-0.39, 0.29) is 18.7 Å². The fourth-order valence-corrected chi connectivity index (χ4v) is 2.72. The first-order valence-corrected chi connectivity index (χ1v) is 9.48. The van der Waals surface area contributed by atoms with Crippen LogP contribution in [0.15, 0.2) is 23.1 Å². The summed E-state index contributed by atoms with van der Waals surface area (Å²) in [6.07, 6.45) is -0.184. The van der Waals surface area contributed by atoms with Crippen LogP contribution < -0.4 is 4.90 Å². The minimum Gasteiger partial charge on any atom is -0.469 e. The first kappa shape index (κ1) is 23.3. The summed E-state index contributed by atoms with van der Waals surface area (Å²) >= 11 is 0. The number of hydrogen-bond donors (Lipinski definition) is 1. The lowest BCUT2D eigenvalue weighted by atomic mass is 10.2. The van der Waals surface area contributed by atoms with Gasteiger partial charge in [0.1, 0.15) is 22.7 Å². The van der Waals surface area contributed by atoms with Crippen LogP contribution in [0.25, 0.3) is 0 Å². The van der Waals surface area contributed by atoms with Gasteiger partial charge in [-0.2, -0.15) is 8.42 Å². The second-order valence-electron chi connectivity index (χ2n) is 6.72. The quantitative estimate of drug-likeness (QED) is 0.285. The Labute approximate surface area is 162 Å². The molecule has 28 heavy (non-hydrogen) atoms. The van der Waals surface area contributed by atoms with E-state index in [1.165, 1.54) is 12.0 Å². The number of nitro benzene ring substituents is 1. The summed E-state index contributed by atoms with van der Waals surface area (Å²) in [7, 11) is -3.50. The normalized spacial score (nSPS) is 11.6. The Morgan fingerprint density at radius 1 is 1.25 bits per heavy atom. The van der Waals surface area contributed by atoms with Gasteiger partial charge in [-0.3, -0.25) is 24.3 Å². The van der Waals surface area contributed by atoms with Crippen molar-refractivity contribution in [1.29, 1.82) is 0 Å². The van der Waals surface area contributed by atoms with Gasteiger partial charge in [-0.25, -0.2) is 0 Å². The maximum atomic E-state index is 12.2. The highest BCUT2D eigenvalue weighted by Gasteiger charge is 2.27. The minimum absolute atomic E-state index is 0.118. The van der Waals surface area contributed by atoms with Crippen molar-refractivity contribution < 1.29 is 37.0 Å². The topological polar surface area (TPSA) is 153 Å². The van der Waals surface area contributed by atoms with Gasteiger partial charge >= 0.3 is 11.9 Å². The zero-order valence-corrected chi connectivity index (χ0v) is 16.7. The van der Waals surface area contributed by atoms with Crippen molar-refractivity contribution in [1.82, 2.24) is 0 Å². The Morgan fingerprint density at radius 3 is 2.32 bits per heavy atom. The molecule has 156 valence electrons. The first-order chi connectivity index (χ1) is 12.7. The van der Waals surface area contributed by atoms with Crippen LogP contribution in [0.1, 0.15) is 27.2 Å². The fourth-order valence-electron chi connectivity index (χ4n) is 2.22. The Kier molecular flexibility index (Phi) is 7.47. The van der Waals surface area contributed by atoms with E-state index in [1.54, 1.807) is 20.8 Å². The summed E-state index contributed by atoms with van der Waals surface area (Å²) in [5, 5.41) is 11.4. The molecular formula is C16H22N2O9S. The lowest BCUT2D eigenvalue weighted by Crippen LogP contribution is -2.36. The Bertz CT molecular complexity index is 859. The molecule has 0 aliphatic carbocycles. The number of anilines is 1. The molecule has 12 heteroatoms. The molecule has 0 atom stereocenters. The molecule has 1 aromatic carbocycles. The van der Waals surface area contributed by atoms with E-state index in [0.717, 1.165) is 12.1 Å². The molecule has 0 aliphatic rings. The third-order valence-electron chi connectivity index (χ3n) is 3.34. The number of esters is 2. The summed E-state index contributed by atoms with van der Waals surface area (Å²) in [5.74, 6) is -1.31. The highest BCUT2D eigenvalue weighted by Crippen LogP contribution is 2.31. The van der Waals surface area contributed by atoms with Gasteiger partial charge in [0.25, 0.3) is 15.8 Å². The van der Waals surface area contributed by atoms with Crippen molar-refractivity contribution in [3.05, 3.63) is 28.3 Å². The summed E-state index contributed by atoms with van der Waals surface area (Å²) < 4.78 is 41.4. The van der Waals surface area contributed by atoms with Gasteiger partial charge in [0.05, 0.1) is 18.5 Å². The number of methoxy groups -OCH3 is 1. The zero-order chi connectivity index (χ0) is 21.7. The summed E-state index contributed by atoms with van der Waals surface area (Å²) in [5.41, 5.74) is -1.58. The molecule has 0 fully saturated rings. The number of rotatable bonds is 8. The lowest BCUT2D eigenvalue weighted by Gasteiger charge is -2.26. The van der Waals surface area contributed by atoms with Crippen molar-refractivity contribution >= 4 is 33.4 Å². The Hall–Kier alpha value is -2.73. The standard InChI is InChI=1S/C16H22N2O9S/c1-16(2,3)27-15(20)10-17(8-7-14(19)26-4)12-6-5-11(28(23,24)25)9-13(12)18(21)22/h5-6,9H,7-8,10H2,1-4H3,(H,23,24,25). The van der Waals surface area contributed by atoms with Gasteiger partial charge in [-0.05, 0) is 32.9 Å². The predicted molar refractivity (Wildman–Crippen MR) is 97.6 cm³/mol. The molecular weight excluding hydrogens is 396 g/mol. The number of nitrogens with zero attached hydrogens (tertiary/aromatic N) is 2. The van der Waals surface area contributed by atoms with Crippen LogP contribution in [0.5, 0.6) is 0 Å². The fraction of sp³-hybridized carbons (Fsp3) is 0.500. The summed E-state index contributed by atoms with van der Waals surface area (Å²) in [4.78, 5) is 34.7. The van der Waals surface area contributed by atoms with Crippen LogP contribution >= 0.6 is 0 Å². The van der Waals surface area contributed by atoms with Crippen LogP contribution in [-0.4, -0.2) is 55.6 Å². The number of carbonyl (C=O) groups is 2. The van der Waals surface area contributed by atoms with Crippen LogP contribution in [0.3, 0.4) is 0 Å². The molecule has 0 heterocycles. The molecule has 0 saturated carbocycles. The van der Waals surface area contributed by atoms with Crippen molar-refractivity contribution in [2.45, 2.75) is 37.7 Å². The summed E-state index contributed by atoms with van der Waals surface area (Å²) in [6.45, 7) is 4.38. The Morgan fingerprint density at radius 2 is 1.86 bits per heavy atom. The van der Waals surface area contributed by atoms with Crippen molar-refractivity contribution in [2.24, 2.45) is 0 Å². The van der Waals surface area contributed by atoms with Gasteiger partial charge < -0.3 is 14.4 Å². The highest BCUT2D eigenvalue weighted by molar-refractivity contribution is 7.85. The molecule has 1 N–H and O–H groups in total. The van der Waals surface area contributed by atoms with Crippen molar-refractivity contribution in [2.75, 3.05) is 25.1 Å². The number of hydrogen-bond acceptors (Lipinski definition) is 9. The molecule has 0 aromatic heterocycles. The summed E-state index contributed by atoms with van der Waals surface area (Å²) in [6, 6.07) is 2.70. The molecule has 0 saturated heterocycles. The lowest BCUT2D eigenvalue weighted by molar-refractivity contribution is -0.384. The number of ether oxygens (including phenoxy) is 2.